The lowest BCUT2D eigenvalue weighted by molar-refractivity contribution is -0.147. The van der Waals surface area contributed by atoms with Crippen LogP contribution in [0.1, 0.15) is 11.7 Å². The molecule has 0 heterocycles. The molecule has 0 saturated heterocycles. The molecular weight excluding hydrogens is 296 g/mol. The Balaban J connectivity index is 2.40. The third kappa shape index (κ3) is 2.60. The summed E-state index contributed by atoms with van der Waals surface area (Å²) < 4.78 is 0.582. The zero-order chi connectivity index (χ0) is 13.1. The minimum Gasteiger partial charge on any atom is -0.479 e. The number of carboxylic acids is 1. The van der Waals surface area contributed by atoms with E-state index < -0.39 is 12.1 Å². The molecule has 0 saturated carbocycles. The molecule has 0 aliphatic heterocycles. The van der Waals surface area contributed by atoms with Crippen molar-refractivity contribution in [2.24, 2.45) is 0 Å². The highest BCUT2D eigenvalue weighted by Crippen LogP contribution is 2.29. The normalized spacial score (nSPS) is 12.1. The predicted molar refractivity (Wildman–Crippen MR) is 72.2 cm³/mol. The van der Waals surface area contributed by atoms with Crippen LogP contribution in [0.4, 0.5) is 0 Å². The second-order valence-corrected chi connectivity index (χ2v) is 4.70. The van der Waals surface area contributed by atoms with Gasteiger partial charge in [-0.15, -0.1) is 0 Å². The fourth-order valence-electron chi connectivity index (χ4n) is 1.69. The third-order valence-electron chi connectivity index (χ3n) is 2.64. The number of rotatable bonds is 3. The van der Waals surface area contributed by atoms with Gasteiger partial charge in [0.15, 0.2) is 6.10 Å². The van der Waals surface area contributed by atoms with Gasteiger partial charge in [-0.3, -0.25) is 0 Å². The summed E-state index contributed by atoms with van der Waals surface area (Å²) in [6, 6.07) is 14.9. The van der Waals surface area contributed by atoms with Crippen LogP contribution in [0.5, 0.6) is 0 Å². The van der Waals surface area contributed by atoms with Gasteiger partial charge in [-0.05, 0) is 17.2 Å². The summed E-state index contributed by atoms with van der Waals surface area (Å²) in [5.41, 5.74) is 2.35. The molecule has 3 nitrogen and oxygen atoms in total. The van der Waals surface area contributed by atoms with Crippen LogP contribution >= 0.6 is 15.9 Å². The van der Waals surface area contributed by atoms with Gasteiger partial charge in [-0.2, -0.15) is 0 Å². The molecule has 18 heavy (non-hydrogen) atoms. The van der Waals surface area contributed by atoms with Crippen molar-refractivity contribution in [3.8, 4) is 11.1 Å². The molecule has 92 valence electrons. The fourth-order valence-corrected chi connectivity index (χ4v) is 2.29. The van der Waals surface area contributed by atoms with E-state index in [1.54, 1.807) is 18.2 Å². The third-order valence-corrected chi connectivity index (χ3v) is 3.32. The summed E-state index contributed by atoms with van der Waals surface area (Å²) in [5, 5.41) is 18.3. The number of hydrogen-bond donors (Lipinski definition) is 2. The Morgan fingerprint density at radius 3 is 2.28 bits per heavy atom. The lowest BCUT2D eigenvalue weighted by atomic mass is 10.0. The summed E-state index contributed by atoms with van der Waals surface area (Å²) >= 11 is 3.29. The first kappa shape index (κ1) is 12.8. The maximum Gasteiger partial charge on any atom is 0.337 e. The van der Waals surface area contributed by atoms with Gasteiger partial charge in [0.25, 0.3) is 0 Å². The number of hydrogen-bond acceptors (Lipinski definition) is 2. The topological polar surface area (TPSA) is 57.5 Å². The van der Waals surface area contributed by atoms with Gasteiger partial charge in [0.1, 0.15) is 0 Å². The molecule has 2 aromatic carbocycles. The molecule has 0 fully saturated rings. The SMILES string of the molecule is O=C(O)C(O)c1ccc(-c2ccccc2)cc1Br. The largest absolute Gasteiger partial charge is 0.479 e. The van der Waals surface area contributed by atoms with E-state index in [4.69, 9.17) is 5.11 Å². The first-order valence-electron chi connectivity index (χ1n) is 5.35. The van der Waals surface area contributed by atoms with E-state index >= 15 is 0 Å². The number of halogens is 1. The minimum absolute atomic E-state index is 0.349. The van der Waals surface area contributed by atoms with E-state index in [1.165, 1.54) is 0 Å². The molecule has 0 spiro atoms. The highest BCUT2D eigenvalue weighted by Gasteiger charge is 2.18. The monoisotopic (exact) mass is 306 g/mol. The zero-order valence-corrected chi connectivity index (χ0v) is 11.0. The smallest absolute Gasteiger partial charge is 0.337 e. The van der Waals surface area contributed by atoms with Gasteiger partial charge < -0.3 is 10.2 Å². The quantitative estimate of drug-likeness (QED) is 0.915. The molecule has 0 bridgehead atoms. The average molecular weight is 307 g/mol. The molecule has 2 N–H and O–H groups in total. The number of carbonyl (C=O) groups is 1. The maximum atomic E-state index is 10.7. The summed E-state index contributed by atoms with van der Waals surface area (Å²) in [6.45, 7) is 0. The Morgan fingerprint density at radius 2 is 1.72 bits per heavy atom. The molecule has 0 amide bonds. The summed E-state index contributed by atoms with van der Waals surface area (Å²) in [7, 11) is 0. The highest BCUT2D eigenvalue weighted by molar-refractivity contribution is 9.10. The van der Waals surface area contributed by atoms with E-state index in [1.807, 2.05) is 30.3 Å². The van der Waals surface area contributed by atoms with E-state index in [2.05, 4.69) is 15.9 Å². The molecule has 2 rings (SSSR count). The number of aliphatic carboxylic acids is 1. The standard InChI is InChI=1S/C14H11BrO3/c15-12-8-10(9-4-2-1-3-5-9)6-7-11(12)13(16)14(17)18/h1-8,13,16H,(H,17,18). The molecule has 1 atom stereocenters. The van der Waals surface area contributed by atoms with Crippen molar-refractivity contribution < 1.29 is 15.0 Å². The first-order chi connectivity index (χ1) is 8.59. The summed E-state index contributed by atoms with van der Waals surface area (Å²) in [4.78, 5) is 10.7. The molecule has 1 unspecified atom stereocenters. The number of aliphatic hydroxyl groups is 1. The van der Waals surface area contributed by atoms with Crippen molar-refractivity contribution in [2.75, 3.05) is 0 Å². The first-order valence-corrected chi connectivity index (χ1v) is 6.14. The van der Waals surface area contributed by atoms with Gasteiger partial charge in [0, 0.05) is 10.0 Å². The molecule has 0 aromatic heterocycles. The van der Waals surface area contributed by atoms with Crippen LogP contribution in [0, 0.1) is 0 Å². The molecule has 0 aliphatic rings. The van der Waals surface area contributed by atoms with Crippen molar-refractivity contribution in [1.82, 2.24) is 0 Å². The molecule has 4 heteroatoms. The zero-order valence-electron chi connectivity index (χ0n) is 9.38. The van der Waals surface area contributed by atoms with Gasteiger partial charge in [-0.25, -0.2) is 4.79 Å². The molecule has 0 radical (unpaired) electrons. The summed E-state index contributed by atoms with van der Waals surface area (Å²) in [5.74, 6) is -1.26. The fraction of sp³-hybridized carbons (Fsp3) is 0.0714. The van der Waals surface area contributed by atoms with E-state index in [9.17, 15) is 9.90 Å². The van der Waals surface area contributed by atoms with Crippen LogP contribution in [0.15, 0.2) is 53.0 Å². The van der Waals surface area contributed by atoms with Gasteiger partial charge >= 0.3 is 5.97 Å². The minimum atomic E-state index is -1.51. The average Bonchev–Trinajstić information content (AvgIpc) is 2.38. The van der Waals surface area contributed by atoms with Gasteiger partial charge in [0.2, 0.25) is 0 Å². The van der Waals surface area contributed by atoms with E-state index in [0.717, 1.165) is 11.1 Å². The Labute approximate surface area is 113 Å². The molecule has 0 aliphatic carbocycles. The predicted octanol–water partition coefficient (Wildman–Crippen LogP) is 3.23. The number of benzene rings is 2. The van der Waals surface area contributed by atoms with Crippen molar-refractivity contribution in [3.05, 3.63) is 58.6 Å². The van der Waals surface area contributed by atoms with Crippen molar-refractivity contribution in [2.45, 2.75) is 6.10 Å². The van der Waals surface area contributed by atoms with Crippen LogP contribution in [-0.4, -0.2) is 16.2 Å². The van der Waals surface area contributed by atoms with Crippen molar-refractivity contribution >= 4 is 21.9 Å². The molecular formula is C14H11BrO3. The Morgan fingerprint density at radius 1 is 1.06 bits per heavy atom. The lowest BCUT2D eigenvalue weighted by Gasteiger charge is -2.10. The van der Waals surface area contributed by atoms with E-state index in [0.29, 0.717) is 10.0 Å². The Bertz CT molecular complexity index is 567. The van der Waals surface area contributed by atoms with Gasteiger partial charge in [0.05, 0.1) is 0 Å². The summed E-state index contributed by atoms with van der Waals surface area (Å²) in [6.07, 6.45) is -1.51. The number of carboxylic acid groups (broad SMARTS) is 1. The maximum absolute atomic E-state index is 10.7. The van der Waals surface area contributed by atoms with Crippen LogP contribution in [0.3, 0.4) is 0 Å². The highest BCUT2D eigenvalue weighted by atomic mass is 79.9. The van der Waals surface area contributed by atoms with Crippen molar-refractivity contribution in [1.29, 1.82) is 0 Å². The van der Waals surface area contributed by atoms with Crippen LogP contribution in [0.2, 0.25) is 0 Å². The van der Waals surface area contributed by atoms with Crippen LogP contribution < -0.4 is 0 Å². The Kier molecular flexibility index (Phi) is 3.79. The number of aliphatic hydroxyl groups excluding tert-OH is 1. The van der Waals surface area contributed by atoms with E-state index in [-0.39, 0.29) is 0 Å². The van der Waals surface area contributed by atoms with Crippen LogP contribution in [0.25, 0.3) is 11.1 Å². The van der Waals surface area contributed by atoms with Crippen LogP contribution in [-0.2, 0) is 4.79 Å². The van der Waals surface area contributed by atoms with Gasteiger partial charge in [-0.1, -0.05) is 58.4 Å². The Hall–Kier alpha value is -1.65. The lowest BCUT2D eigenvalue weighted by Crippen LogP contribution is -2.10. The van der Waals surface area contributed by atoms with Crippen molar-refractivity contribution in [3.63, 3.8) is 0 Å². The second-order valence-electron chi connectivity index (χ2n) is 3.84. The second kappa shape index (κ2) is 5.33. The molecule has 2 aromatic rings.